The number of ether oxygens (including phenoxy) is 1. The molecule has 142 valence electrons. The van der Waals surface area contributed by atoms with E-state index in [2.05, 4.69) is 26.5 Å². The normalized spacial score (nSPS) is 11.2. The number of carbonyl (C=O) groups excluding carboxylic acids is 1. The van der Waals surface area contributed by atoms with Crippen molar-refractivity contribution >= 4 is 39.1 Å². The maximum Gasteiger partial charge on any atom is 0.271 e. The molecule has 3 aromatic carbocycles. The summed E-state index contributed by atoms with van der Waals surface area (Å²) in [7, 11) is 0. The minimum Gasteiger partial charge on any atom is -0.489 e. The van der Waals surface area contributed by atoms with Crippen LogP contribution in [0.2, 0.25) is 5.02 Å². The molecule has 3 aromatic rings. The lowest BCUT2D eigenvalue weighted by Gasteiger charge is -2.08. The lowest BCUT2D eigenvalue weighted by atomic mass is 10.1. The number of benzene rings is 3. The van der Waals surface area contributed by atoms with E-state index in [1.807, 2.05) is 67.6 Å². The lowest BCUT2D eigenvalue weighted by Crippen LogP contribution is -2.19. The van der Waals surface area contributed by atoms with Crippen LogP contribution in [0.3, 0.4) is 0 Å². The van der Waals surface area contributed by atoms with Crippen molar-refractivity contribution in [3.8, 4) is 5.75 Å². The Morgan fingerprint density at radius 1 is 0.964 bits per heavy atom. The number of amides is 1. The van der Waals surface area contributed by atoms with Crippen molar-refractivity contribution in [1.82, 2.24) is 5.43 Å². The average Bonchev–Trinajstić information content (AvgIpc) is 2.72. The molecule has 0 radical (unpaired) electrons. The Balaban J connectivity index is 1.57. The first kappa shape index (κ1) is 20.1. The van der Waals surface area contributed by atoms with Gasteiger partial charge in [-0.3, -0.25) is 4.79 Å². The van der Waals surface area contributed by atoms with E-state index >= 15 is 0 Å². The molecule has 4 nitrogen and oxygen atoms in total. The third kappa shape index (κ3) is 5.68. The van der Waals surface area contributed by atoms with Gasteiger partial charge in [0.15, 0.2) is 0 Å². The van der Waals surface area contributed by atoms with Crippen LogP contribution in [0.4, 0.5) is 0 Å². The minimum atomic E-state index is -0.255. The molecular weight excluding hydrogens is 440 g/mol. The Kier molecular flexibility index (Phi) is 6.85. The van der Waals surface area contributed by atoms with Crippen LogP contribution in [0.25, 0.3) is 0 Å². The monoisotopic (exact) mass is 456 g/mol. The van der Waals surface area contributed by atoms with E-state index in [4.69, 9.17) is 16.3 Å². The van der Waals surface area contributed by atoms with Crippen LogP contribution >= 0.6 is 27.5 Å². The number of carbonyl (C=O) groups is 1. The molecule has 0 aliphatic heterocycles. The van der Waals surface area contributed by atoms with Gasteiger partial charge in [-0.25, -0.2) is 5.43 Å². The van der Waals surface area contributed by atoms with Gasteiger partial charge in [0.1, 0.15) is 12.4 Å². The van der Waals surface area contributed by atoms with Crippen LogP contribution in [-0.4, -0.2) is 11.6 Å². The van der Waals surface area contributed by atoms with Crippen LogP contribution in [0.5, 0.6) is 5.75 Å². The molecule has 0 unspecified atom stereocenters. The topological polar surface area (TPSA) is 50.7 Å². The average molecular weight is 458 g/mol. The summed E-state index contributed by atoms with van der Waals surface area (Å²) in [6, 6.07) is 22.2. The molecule has 0 atom stereocenters. The zero-order chi connectivity index (χ0) is 19.9. The van der Waals surface area contributed by atoms with E-state index in [1.165, 1.54) is 0 Å². The molecule has 3 rings (SSSR count). The van der Waals surface area contributed by atoms with Gasteiger partial charge in [-0.1, -0.05) is 39.7 Å². The van der Waals surface area contributed by atoms with E-state index < -0.39 is 0 Å². The summed E-state index contributed by atoms with van der Waals surface area (Å²) >= 11 is 9.23. The highest BCUT2D eigenvalue weighted by atomic mass is 79.9. The second kappa shape index (κ2) is 9.53. The van der Waals surface area contributed by atoms with Crippen LogP contribution in [0.15, 0.2) is 82.4 Å². The van der Waals surface area contributed by atoms with Crippen molar-refractivity contribution in [2.24, 2.45) is 5.10 Å². The van der Waals surface area contributed by atoms with Gasteiger partial charge in [0.2, 0.25) is 0 Å². The molecule has 0 fully saturated rings. The maximum atomic E-state index is 12.1. The van der Waals surface area contributed by atoms with E-state index in [-0.39, 0.29) is 5.91 Å². The Morgan fingerprint density at radius 3 is 2.21 bits per heavy atom. The molecule has 6 heteroatoms. The number of hydrogen-bond acceptors (Lipinski definition) is 3. The summed E-state index contributed by atoms with van der Waals surface area (Å²) in [5, 5.41) is 4.88. The van der Waals surface area contributed by atoms with Crippen molar-refractivity contribution < 1.29 is 9.53 Å². The van der Waals surface area contributed by atoms with Gasteiger partial charge in [-0.2, -0.15) is 5.10 Å². The molecular formula is C22H18BrClN2O2. The summed E-state index contributed by atoms with van der Waals surface area (Å²) in [6.45, 7) is 2.30. The van der Waals surface area contributed by atoms with Crippen molar-refractivity contribution in [1.29, 1.82) is 0 Å². The highest BCUT2D eigenvalue weighted by Gasteiger charge is 2.05. The number of nitrogens with one attached hydrogen (secondary N) is 1. The van der Waals surface area contributed by atoms with E-state index in [9.17, 15) is 4.79 Å². The number of hydrogen-bond donors (Lipinski definition) is 1. The fraction of sp³-hybridized carbons (Fsp3) is 0.0909. The summed E-state index contributed by atoms with van der Waals surface area (Å²) in [6.07, 6.45) is 0. The van der Waals surface area contributed by atoms with Crippen molar-refractivity contribution in [3.63, 3.8) is 0 Å². The van der Waals surface area contributed by atoms with Crippen molar-refractivity contribution in [2.75, 3.05) is 0 Å². The molecule has 0 bridgehead atoms. The standard InChI is InChI=1S/C22H18BrClN2O2/c1-15(25-26-22(27)18-4-8-19(23)9-5-18)17-6-12-21(13-7-17)28-14-16-2-10-20(24)11-3-16/h2-13H,14H2,1H3,(H,26,27)/b25-15-. The Labute approximate surface area is 177 Å². The number of halogens is 2. The number of hydrazone groups is 1. The minimum absolute atomic E-state index is 0.255. The Morgan fingerprint density at radius 2 is 1.57 bits per heavy atom. The van der Waals surface area contributed by atoms with Crippen LogP contribution in [0, 0.1) is 0 Å². The second-order valence-corrected chi connectivity index (χ2v) is 7.44. The molecule has 0 saturated carbocycles. The van der Waals surface area contributed by atoms with Crippen LogP contribution in [0.1, 0.15) is 28.4 Å². The first-order valence-corrected chi connectivity index (χ1v) is 9.76. The van der Waals surface area contributed by atoms with Crippen LogP contribution < -0.4 is 10.2 Å². The zero-order valence-corrected chi connectivity index (χ0v) is 17.5. The van der Waals surface area contributed by atoms with Crippen LogP contribution in [-0.2, 0) is 6.61 Å². The Bertz CT molecular complexity index is 969. The van der Waals surface area contributed by atoms with E-state index in [0.29, 0.717) is 22.9 Å². The molecule has 28 heavy (non-hydrogen) atoms. The predicted molar refractivity (Wildman–Crippen MR) is 116 cm³/mol. The second-order valence-electron chi connectivity index (χ2n) is 6.08. The predicted octanol–water partition coefficient (Wildman–Crippen LogP) is 5.84. The molecule has 0 aliphatic carbocycles. The van der Waals surface area contributed by atoms with Gasteiger partial charge >= 0.3 is 0 Å². The zero-order valence-electron chi connectivity index (χ0n) is 15.2. The van der Waals surface area contributed by atoms with Gasteiger partial charge in [-0.15, -0.1) is 0 Å². The van der Waals surface area contributed by atoms with Crippen molar-refractivity contribution in [3.05, 3.63) is 99.0 Å². The molecule has 0 aliphatic rings. The largest absolute Gasteiger partial charge is 0.489 e. The third-order valence-electron chi connectivity index (χ3n) is 4.02. The van der Waals surface area contributed by atoms with Gasteiger partial charge in [0, 0.05) is 15.1 Å². The number of nitrogens with zero attached hydrogens (tertiary/aromatic N) is 1. The van der Waals surface area contributed by atoms with E-state index in [1.54, 1.807) is 12.1 Å². The highest BCUT2D eigenvalue weighted by molar-refractivity contribution is 9.10. The molecule has 1 N–H and O–H groups in total. The molecule has 1 amide bonds. The van der Waals surface area contributed by atoms with Crippen molar-refractivity contribution in [2.45, 2.75) is 13.5 Å². The first-order valence-electron chi connectivity index (χ1n) is 8.59. The fourth-order valence-electron chi connectivity index (χ4n) is 2.40. The lowest BCUT2D eigenvalue weighted by molar-refractivity contribution is 0.0955. The highest BCUT2D eigenvalue weighted by Crippen LogP contribution is 2.16. The third-order valence-corrected chi connectivity index (χ3v) is 4.80. The molecule has 0 aromatic heterocycles. The maximum absolute atomic E-state index is 12.1. The smallest absolute Gasteiger partial charge is 0.271 e. The fourth-order valence-corrected chi connectivity index (χ4v) is 2.79. The van der Waals surface area contributed by atoms with E-state index in [0.717, 1.165) is 21.3 Å². The summed E-state index contributed by atoms with van der Waals surface area (Å²) in [4.78, 5) is 12.1. The van der Waals surface area contributed by atoms with Gasteiger partial charge in [-0.05, 0) is 78.7 Å². The van der Waals surface area contributed by atoms with Gasteiger partial charge in [0.25, 0.3) is 5.91 Å². The molecule has 0 spiro atoms. The van der Waals surface area contributed by atoms with Gasteiger partial charge < -0.3 is 4.74 Å². The first-order chi connectivity index (χ1) is 13.5. The number of rotatable bonds is 6. The van der Waals surface area contributed by atoms with Gasteiger partial charge in [0.05, 0.1) is 5.71 Å². The SMILES string of the molecule is C/C(=N/NC(=O)c1ccc(Br)cc1)c1ccc(OCc2ccc(Cl)cc2)cc1. The summed E-state index contributed by atoms with van der Waals surface area (Å²) < 4.78 is 6.69. The summed E-state index contributed by atoms with van der Waals surface area (Å²) in [5.74, 6) is 0.500. The quantitative estimate of drug-likeness (QED) is 0.374. The molecule has 0 saturated heterocycles. The molecule has 0 heterocycles. The summed E-state index contributed by atoms with van der Waals surface area (Å²) in [5.41, 5.74) is 5.77. The Hall–Kier alpha value is -2.63.